The Balaban J connectivity index is 1.96. The fourth-order valence-electron chi connectivity index (χ4n) is 2.59. The highest BCUT2D eigenvalue weighted by Gasteiger charge is 2.38. The molecule has 2 N–H and O–H groups in total. The molecule has 16 heavy (non-hydrogen) atoms. The number of piperidine rings is 1. The van der Waals surface area contributed by atoms with Crippen molar-refractivity contribution < 1.29 is 9.84 Å². The summed E-state index contributed by atoms with van der Waals surface area (Å²) in [6, 6.07) is 0. The molecule has 0 bridgehead atoms. The highest BCUT2D eigenvalue weighted by atomic mass is 16.5. The van der Waals surface area contributed by atoms with Gasteiger partial charge in [0, 0.05) is 18.6 Å². The molecule has 2 aliphatic heterocycles. The van der Waals surface area contributed by atoms with Gasteiger partial charge in [0.15, 0.2) is 0 Å². The summed E-state index contributed by atoms with van der Waals surface area (Å²) in [4.78, 5) is 2.38. The van der Waals surface area contributed by atoms with E-state index in [2.05, 4.69) is 24.1 Å². The highest BCUT2D eigenvalue weighted by molar-refractivity contribution is 4.93. The van der Waals surface area contributed by atoms with Crippen LogP contribution in [0.3, 0.4) is 0 Å². The van der Waals surface area contributed by atoms with Crippen LogP contribution in [0.25, 0.3) is 0 Å². The van der Waals surface area contributed by atoms with Crippen LogP contribution in [0.1, 0.15) is 26.7 Å². The van der Waals surface area contributed by atoms with E-state index in [1.54, 1.807) is 0 Å². The monoisotopic (exact) mass is 228 g/mol. The van der Waals surface area contributed by atoms with E-state index in [9.17, 15) is 5.11 Å². The van der Waals surface area contributed by atoms with Crippen molar-refractivity contribution in [2.75, 3.05) is 39.4 Å². The molecule has 0 aromatic carbocycles. The molecule has 0 amide bonds. The van der Waals surface area contributed by atoms with Crippen LogP contribution in [-0.4, -0.2) is 60.5 Å². The van der Waals surface area contributed by atoms with E-state index in [0.29, 0.717) is 0 Å². The number of aliphatic hydroxyl groups is 1. The van der Waals surface area contributed by atoms with Crippen molar-refractivity contribution in [1.82, 2.24) is 10.2 Å². The second-order valence-corrected chi connectivity index (χ2v) is 5.76. The van der Waals surface area contributed by atoms with Crippen LogP contribution < -0.4 is 5.32 Å². The second-order valence-electron chi connectivity index (χ2n) is 5.76. The van der Waals surface area contributed by atoms with E-state index in [-0.39, 0.29) is 5.54 Å². The van der Waals surface area contributed by atoms with E-state index in [0.717, 1.165) is 52.2 Å². The van der Waals surface area contributed by atoms with Gasteiger partial charge in [-0.25, -0.2) is 0 Å². The van der Waals surface area contributed by atoms with Crippen LogP contribution >= 0.6 is 0 Å². The molecular formula is C12H24N2O2. The summed E-state index contributed by atoms with van der Waals surface area (Å²) in [6.07, 6.45) is 1.72. The third-order valence-electron chi connectivity index (χ3n) is 3.84. The van der Waals surface area contributed by atoms with Gasteiger partial charge >= 0.3 is 0 Å². The molecule has 0 atom stereocenters. The molecule has 2 rings (SSSR count). The molecule has 0 saturated carbocycles. The predicted molar refractivity (Wildman–Crippen MR) is 63.5 cm³/mol. The summed E-state index contributed by atoms with van der Waals surface area (Å²) in [5, 5.41) is 13.8. The standard InChI is InChI=1S/C12H24N2O2/c1-11(2)10-16-8-7-14(11)9-12(15)3-5-13-6-4-12/h13,15H,3-10H2,1-2H3. The normalized spacial score (nSPS) is 30.2. The van der Waals surface area contributed by atoms with Gasteiger partial charge in [0.1, 0.15) is 0 Å². The molecular weight excluding hydrogens is 204 g/mol. The summed E-state index contributed by atoms with van der Waals surface area (Å²) in [5.41, 5.74) is -0.446. The van der Waals surface area contributed by atoms with Crippen LogP contribution in [-0.2, 0) is 4.74 Å². The Morgan fingerprint density at radius 2 is 2.00 bits per heavy atom. The summed E-state index contributed by atoms with van der Waals surface area (Å²) >= 11 is 0. The van der Waals surface area contributed by atoms with Crippen molar-refractivity contribution in [2.24, 2.45) is 0 Å². The number of hydrogen-bond acceptors (Lipinski definition) is 4. The molecule has 0 aromatic heterocycles. The number of ether oxygens (including phenoxy) is 1. The number of nitrogens with zero attached hydrogens (tertiary/aromatic N) is 1. The van der Waals surface area contributed by atoms with Crippen molar-refractivity contribution in [3.8, 4) is 0 Å². The van der Waals surface area contributed by atoms with E-state index in [1.165, 1.54) is 0 Å². The largest absolute Gasteiger partial charge is 0.388 e. The van der Waals surface area contributed by atoms with Gasteiger partial charge < -0.3 is 15.2 Å². The van der Waals surface area contributed by atoms with E-state index in [4.69, 9.17) is 4.74 Å². The molecule has 0 spiro atoms. The van der Waals surface area contributed by atoms with E-state index in [1.807, 2.05) is 0 Å². The zero-order chi connectivity index (χ0) is 11.6. The van der Waals surface area contributed by atoms with Crippen LogP contribution in [0.5, 0.6) is 0 Å². The maximum atomic E-state index is 10.5. The minimum absolute atomic E-state index is 0.0544. The Labute approximate surface area is 98.0 Å². The molecule has 0 aromatic rings. The maximum absolute atomic E-state index is 10.5. The number of hydrogen-bond donors (Lipinski definition) is 2. The Bertz CT molecular complexity index is 237. The first-order valence-electron chi connectivity index (χ1n) is 6.28. The van der Waals surface area contributed by atoms with Gasteiger partial charge in [0.25, 0.3) is 0 Å². The molecule has 4 nitrogen and oxygen atoms in total. The highest BCUT2D eigenvalue weighted by Crippen LogP contribution is 2.26. The van der Waals surface area contributed by atoms with Crippen molar-refractivity contribution in [3.05, 3.63) is 0 Å². The summed E-state index contributed by atoms with van der Waals surface area (Å²) in [7, 11) is 0. The molecule has 2 fully saturated rings. The van der Waals surface area contributed by atoms with Crippen LogP contribution in [0, 0.1) is 0 Å². The fraction of sp³-hybridized carbons (Fsp3) is 1.00. The van der Waals surface area contributed by atoms with Crippen LogP contribution in [0.15, 0.2) is 0 Å². The summed E-state index contributed by atoms with van der Waals surface area (Å²) in [6.45, 7) is 9.52. The number of β-amino-alcohol motifs (C(OH)–C–C–N with tert-alkyl or cyclic N) is 1. The average Bonchev–Trinajstić information content (AvgIpc) is 2.22. The lowest BCUT2D eigenvalue weighted by Gasteiger charge is -2.46. The zero-order valence-corrected chi connectivity index (χ0v) is 10.5. The zero-order valence-electron chi connectivity index (χ0n) is 10.5. The molecule has 4 heteroatoms. The van der Waals surface area contributed by atoms with Crippen molar-refractivity contribution >= 4 is 0 Å². The van der Waals surface area contributed by atoms with Crippen LogP contribution in [0.2, 0.25) is 0 Å². The lowest BCUT2D eigenvalue weighted by atomic mass is 9.89. The van der Waals surface area contributed by atoms with E-state index >= 15 is 0 Å². The first-order valence-corrected chi connectivity index (χ1v) is 6.28. The number of rotatable bonds is 2. The van der Waals surface area contributed by atoms with Gasteiger partial charge in [-0.15, -0.1) is 0 Å². The Morgan fingerprint density at radius 3 is 2.62 bits per heavy atom. The lowest BCUT2D eigenvalue weighted by molar-refractivity contribution is -0.0986. The third kappa shape index (κ3) is 2.74. The van der Waals surface area contributed by atoms with Crippen molar-refractivity contribution in [1.29, 1.82) is 0 Å². The molecule has 0 unspecified atom stereocenters. The summed E-state index contributed by atoms with van der Waals surface area (Å²) < 4.78 is 5.50. The first kappa shape index (κ1) is 12.3. The van der Waals surface area contributed by atoms with Gasteiger partial charge in [-0.05, 0) is 39.8 Å². The molecule has 0 aliphatic carbocycles. The molecule has 2 heterocycles. The quantitative estimate of drug-likeness (QED) is 0.709. The summed E-state index contributed by atoms with van der Waals surface area (Å²) in [5.74, 6) is 0. The average molecular weight is 228 g/mol. The number of morpholine rings is 1. The van der Waals surface area contributed by atoms with Crippen LogP contribution in [0.4, 0.5) is 0 Å². The fourth-order valence-corrected chi connectivity index (χ4v) is 2.59. The van der Waals surface area contributed by atoms with Gasteiger partial charge in [0.05, 0.1) is 18.8 Å². The van der Waals surface area contributed by atoms with Gasteiger partial charge in [-0.2, -0.15) is 0 Å². The number of nitrogens with one attached hydrogen (secondary N) is 1. The van der Waals surface area contributed by atoms with Gasteiger partial charge in [0.2, 0.25) is 0 Å². The first-order chi connectivity index (χ1) is 7.52. The van der Waals surface area contributed by atoms with E-state index < -0.39 is 5.60 Å². The molecule has 94 valence electrons. The second kappa shape index (κ2) is 4.61. The predicted octanol–water partition coefficient (Wildman–Crippen LogP) is 0.212. The maximum Gasteiger partial charge on any atom is 0.0798 e. The topological polar surface area (TPSA) is 44.7 Å². The Hall–Kier alpha value is -0.160. The Kier molecular flexibility index (Phi) is 3.54. The van der Waals surface area contributed by atoms with Crippen molar-refractivity contribution in [3.63, 3.8) is 0 Å². The molecule has 2 saturated heterocycles. The van der Waals surface area contributed by atoms with Gasteiger partial charge in [-0.3, -0.25) is 4.90 Å². The Morgan fingerprint density at radius 1 is 1.31 bits per heavy atom. The minimum atomic E-state index is -0.500. The third-order valence-corrected chi connectivity index (χ3v) is 3.84. The molecule has 2 aliphatic rings. The van der Waals surface area contributed by atoms with Crippen molar-refractivity contribution in [2.45, 2.75) is 37.8 Å². The SMILES string of the molecule is CC1(C)COCCN1CC1(O)CCNCC1. The smallest absolute Gasteiger partial charge is 0.0798 e. The van der Waals surface area contributed by atoms with Gasteiger partial charge in [-0.1, -0.05) is 0 Å². The minimum Gasteiger partial charge on any atom is -0.388 e. The molecule has 0 radical (unpaired) electrons. The lowest BCUT2D eigenvalue weighted by Crippen LogP contribution is -2.59.